The van der Waals surface area contributed by atoms with Gasteiger partial charge in [0.05, 0.1) is 6.61 Å². The number of rotatable bonds is 6. The molecular weight excluding hydrogens is 148 g/mol. The molecule has 0 aliphatic carbocycles. The largest absolute Gasteiger partial charge is 0.480 e. The number of carboxylic acid groups (broad SMARTS) is 1. The topological polar surface area (TPSA) is 84.6 Å². The lowest BCUT2D eigenvalue weighted by Gasteiger charge is -2.11. The highest BCUT2D eigenvalue weighted by Gasteiger charge is 2.14. The highest BCUT2D eigenvalue weighted by atomic mass is 16.5. The van der Waals surface area contributed by atoms with E-state index in [9.17, 15) is 4.79 Å². The number of nitrogens with two attached hydrogens (primary N) is 1. The Kier molecular flexibility index (Phi) is 5.73. The fourth-order valence-corrected chi connectivity index (χ4v) is 0.642. The van der Waals surface area contributed by atoms with E-state index in [2.05, 4.69) is 10.1 Å². The Bertz CT molecular complexity index is 118. The van der Waals surface area contributed by atoms with Gasteiger partial charge in [-0.3, -0.25) is 4.79 Å². The van der Waals surface area contributed by atoms with Gasteiger partial charge in [0.2, 0.25) is 0 Å². The molecule has 5 nitrogen and oxygen atoms in total. The molecule has 1 unspecified atom stereocenters. The highest BCUT2D eigenvalue weighted by Crippen LogP contribution is 1.83. The van der Waals surface area contributed by atoms with Gasteiger partial charge in [-0.25, -0.2) is 0 Å². The van der Waals surface area contributed by atoms with Crippen molar-refractivity contribution < 1.29 is 14.6 Å². The second kappa shape index (κ2) is 6.09. The van der Waals surface area contributed by atoms with E-state index in [0.29, 0.717) is 13.1 Å². The van der Waals surface area contributed by atoms with Crippen LogP contribution in [0.25, 0.3) is 0 Å². The third-order valence-corrected chi connectivity index (χ3v) is 1.17. The van der Waals surface area contributed by atoms with E-state index in [0.717, 1.165) is 0 Å². The van der Waals surface area contributed by atoms with Crippen molar-refractivity contribution in [2.24, 2.45) is 5.73 Å². The Morgan fingerprint density at radius 2 is 2.45 bits per heavy atom. The summed E-state index contributed by atoms with van der Waals surface area (Å²) in [6.07, 6.45) is 0. The van der Waals surface area contributed by atoms with Crippen LogP contribution in [0.15, 0.2) is 0 Å². The molecule has 5 heteroatoms. The maximum atomic E-state index is 10.4. The van der Waals surface area contributed by atoms with Gasteiger partial charge in [0, 0.05) is 20.2 Å². The molecule has 4 N–H and O–H groups in total. The van der Waals surface area contributed by atoms with Gasteiger partial charge >= 0.3 is 5.97 Å². The van der Waals surface area contributed by atoms with Crippen molar-refractivity contribution in [3.63, 3.8) is 0 Å². The summed E-state index contributed by atoms with van der Waals surface area (Å²) in [7, 11) is 1.46. The molecule has 0 aliphatic heterocycles. The lowest BCUT2D eigenvalue weighted by atomic mass is 10.3. The van der Waals surface area contributed by atoms with Gasteiger partial charge in [0.25, 0.3) is 0 Å². The summed E-state index contributed by atoms with van der Waals surface area (Å²) in [4.78, 5) is 10.4. The number of aliphatic carboxylic acids is 1. The molecule has 66 valence electrons. The molecule has 0 aromatic heterocycles. The van der Waals surface area contributed by atoms with Crippen LogP contribution in [-0.2, 0) is 9.53 Å². The summed E-state index contributed by atoms with van der Waals surface area (Å²) in [5.74, 6) is -0.916. The van der Waals surface area contributed by atoms with Crippen molar-refractivity contribution in [3.8, 4) is 0 Å². The number of methoxy groups -OCH3 is 1. The number of nitrogens with one attached hydrogen (secondary N) is 1. The fourth-order valence-electron chi connectivity index (χ4n) is 0.642. The minimum absolute atomic E-state index is 0.162. The minimum atomic E-state index is -0.916. The van der Waals surface area contributed by atoms with Crippen molar-refractivity contribution in [3.05, 3.63) is 0 Å². The molecule has 0 heterocycles. The number of carbonyl (C=O) groups is 1. The van der Waals surface area contributed by atoms with Gasteiger partial charge in [-0.2, -0.15) is 0 Å². The Morgan fingerprint density at radius 3 is 2.82 bits per heavy atom. The molecule has 0 saturated carbocycles. The summed E-state index contributed by atoms with van der Waals surface area (Å²) >= 11 is 0. The maximum Gasteiger partial charge on any atom is 0.323 e. The second-order valence-electron chi connectivity index (χ2n) is 2.09. The van der Waals surface area contributed by atoms with Gasteiger partial charge < -0.3 is 20.9 Å². The quantitative estimate of drug-likeness (QED) is 0.449. The third kappa shape index (κ3) is 4.72. The standard InChI is InChI=1S/C6H14N2O3/c1-11-4-5(6(9)10)8-3-2-7/h5,8H,2-4,7H2,1H3,(H,9,10). The molecule has 0 rings (SSSR count). The average Bonchev–Trinajstić information content (AvgIpc) is 1.97. The zero-order valence-corrected chi connectivity index (χ0v) is 6.54. The maximum absolute atomic E-state index is 10.4. The lowest BCUT2D eigenvalue weighted by Crippen LogP contribution is -2.42. The summed E-state index contributed by atoms with van der Waals surface area (Å²) in [6.45, 7) is 1.07. The number of hydrogen-bond acceptors (Lipinski definition) is 4. The number of ether oxygens (including phenoxy) is 1. The van der Waals surface area contributed by atoms with Crippen LogP contribution in [0.4, 0.5) is 0 Å². The van der Waals surface area contributed by atoms with Crippen LogP contribution < -0.4 is 11.1 Å². The molecule has 0 aromatic rings. The Balaban J connectivity index is 3.60. The highest BCUT2D eigenvalue weighted by molar-refractivity contribution is 5.73. The van der Waals surface area contributed by atoms with Crippen molar-refractivity contribution in [2.75, 3.05) is 26.8 Å². The third-order valence-electron chi connectivity index (χ3n) is 1.17. The van der Waals surface area contributed by atoms with Gasteiger partial charge in [-0.05, 0) is 0 Å². The van der Waals surface area contributed by atoms with E-state index in [1.165, 1.54) is 7.11 Å². The normalized spacial score (nSPS) is 12.9. The molecule has 0 radical (unpaired) electrons. The molecule has 0 aromatic carbocycles. The molecule has 0 saturated heterocycles. The van der Waals surface area contributed by atoms with Crippen molar-refractivity contribution in [2.45, 2.75) is 6.04 Å². The van der Waals surface area contributed by atoms with Crippen molar-refractivity contribution in [1.29, 1.82) is 0 Å². The van der Waals surface area contributed by atoms with Crippen LogP contribution in [0.1, 0.15) is 0 Å². The van der Waals surface area contributed by atoms with Gasteiger partial charge in [-0.15, -0.1) is 0 Å². The van der Waals surface area contributed by atoms with Crippen LogP contribution in [-0.4, -0.2) is 43.9 Å². The summed E-state index contributed by atoms with van der Waals surface area (Å²) in [5, 5.41) is 11.3. The molecule has 1 atom stereocenters. The van der Waals surface area contributed by atoms with E-state index >= 15 is 0 Å². The first-order chi connectivity index (χ1) is 5.22. The monoisotopic (exact) mass is 162 g/mol. The predicted molar refractivity (Wildman–Crippen MR) is 40.4 cm³/mol. The minimum Gasteiger partial charge on any atom is -0.480 e. The van der Waals surface area contributed by atoms with Crippen LogP contribution in [0, 0.1) is 0 Å². The Labute approximate surface area is 65.5 Å². The summed E-state index contributed by atoms with van der Waals surface area (Å²) < 4.78 is 4.68. The first kappa shape index (κ1) is 10.3. The molecule has 0 amide bonds. The van der Waals surface area contributed by atoms with Gasteiger partial charge in [-0.1, -0.05) is 0 Å². The van der Waals surface area contributed by atoms with Crippen LogP contribution in [0.2, 0.25) is 0 Å². The smallest absolute Gasteiger partial charge is 0.323 e. The molecule has 0 aliphatic rings. The van der Waals surface area contributed by atoms with E-state index in [4.69, 9.17) is 10.8 Å². The van der Waals surface area contributed by atoms with E-state index in [-0.39, 0.29) is 6.61 Å². The van der Waals surface area contributed by atoms with Crippen molar-refractivity contribution in [1.82, 2.24) is 5.32 Å². The molecule has 0 bridgehead atoms. The van der Waals surface area contributed by atoms with E-state index in [1.807, 2.05) is 0 Å². The predicted octanol–water partition coefficient (Wildman–Crippen LogP) is -1.37. The SMILES string of the molecule is COCC(NCCN)C(=O)O. The zero-order valence-electron chi connectivity index (χ0n) is 6.54. The Hall–Kier alpha value is -0.650. The lowest BCUT2D eigenvalue weighted by molar-refractivity contribution is -0.140. The average molecular weight is 162 g/mol. The zero-order chi connectivity index (χ0) is 8.69. The number of hydrogen-bond donors (Lipinski definition) is 3. The first-order valence-corrected chi connectivity index (χ1v) is 3.37. The second-order valence-corrected chi connectivity index (χ2v) is 2.09. The van der Waals surface area contributed by atoms with Gasteiger partial charge in [0.1, 0.15) is 6.04 Å². The van der Waals surface area contributed by atoms with Gasteiger partial charge in [0.15, 0.2) is 0 Å². The van der Waals surface area contributed by atoms with E-state index < -0.39 is 12.0 Å². The number of carboxylic acids is 1. The summed E-state index contributed by atoms with van der Waals surface area (Å²) in [6, 6.07) is -0.649. The molecule has 11 heavy (non-hydrogen) atoms. The molecule has 0 fully saturated rings. The Morgan fingerprint density at radius 1 is 1.82 bits per heavy atom. The van der Waals surface area contributed by atoms with E-state index in [1.54, 1.807) is 0 Å². The van der Waals surface area contributed by atoms with Crippen molar-refractivity contribution >= 4 is 5.97 Å². The van der Waals surface area contributed by atoms with Crippen LogP contribution in [0.3, 0.4) is 0 Å². The summed E-state index contributed by atoms with van der Waals surface area (Å²) in [5.41, 5.74) is 5.18. The van der Waals surface area contributed by atoms with Crippen LogP contribution in [0.5, 0.6) is 0 Å². The molecule has 0 spiro atoms. The van der Waals surface area contributed by atoms with Crippen LogP contribution >= 0.6 is 0 Å². The fraction of sp³-hybridized carbons (Fsp3) is 0.833. The first-order valence-electron chi connectivity index (χ1n) is 3.37. The molecular formula is C6H14N2O3.